The molecular formula is C21H34N2O. The fourth-order valence-electron chi connectivity index (χ4n) is 3.32. The molecule has 1 aromatic rings. The van der Waals surface area contributed by atoms with Gasteiger partial charge in [0.15, 0.2) is 0 Å². The fraction of sp³-hybridized carbons (Fsp3) is 0.619. The van der Waals surface area contributed by atoms with Crippen LogP contribution in [0.4, 0.5) is 0 Å². The normalized spacial score (nSPS) is 18.4. The Morgan fingerprint density at radius 2 is 1.67 bits per heavy atom. The van der Waals surface area contributed by atoms with Crippen molar-refractivity contribution in [2.75, 3.05) is 26.2 Å². The van der Waals surface area contributed by atoms with Crippen molar-refractivity contribution in [2.24, 2.45) is 0 Å². The van der Waals surface area contributed by atoms with E-state index in [4.69, 9.17) is 0 Å². The second-order valence-corrected chi connectivity index (χ2v) is 8.93. The highest BCUT2D eigenvalue weighted by atomic mass is 16.3. The number of nitrogens with zero attached hydrogens (tertiary/aromatic N) is 1. The Bertz CT molecular complexity index is 587. The van der Waals surface area contributed by atoms with Crippen LogP contribution < -0.4 is 5.32 Å². The summed E-state index contributed by atoms with van der Waals surface area (Å²) in [5, 5.41) is 14.4. The largest absolute Gasteiger partial charge is 0.507 e. The second kappa shape index (κ2) is 6.89. The first-order valence-corrected chi connectivity index (χ1v) is 9.01. The third-order valence-corrected chi connectivity index (χ3v) is 4.90. The van der Waals surface area contributed by atoms with Gasteiger partial charge >= 0.3 is 0 Å². The van der Waals surface area contributed by atoms with E-state index in [0.717, 1.165) is 37.3 Å². The number of phenolic OH excluding ortho intramolecular Hbond substituents is 1. The number of piperazine rings is 1. The summed E-state index contributed by atoms with van der Waals surface area (Å²) in [7, 11) is 0. The van der Waals surface area contributed by atoms with Gasteiger partial charge in [0.05, 0.1) is 6.04 Å². The smallest absolute Gasteiger partial charge is 0.124 e. The highest BCUT2D eigenvalue weighted by Gasteiger charge is 2.29. The summed E-state index contributed by atoms with van der Waals surface area (Å²) < 4.78 is 0. The van der Waals surface area contributed by atoms with Gasteiger partial charge in [0.2, 0.25) is 0 Å². The van der Waals surface area contributed by atoms with Gasteiger partial charge in [-0.15, -0.1) is 6.58 Å². The molecule has 0 amide bonds. The lowest BCUT2D eigenvalue weighted by Gasteiger charge is -2.36. The molecule has 1 heterocycles. The van der Waals surface area contributed by atoms with Crippen LogP contribution in [0.2, 0.25) is 0 Å². The molecule has 0 aliphatic carbocycles. The molecule has 0 spiro atoms. The first kappa shape index (κ1) is 19.0. The van der Waals surface area contributed by atoms with Gasteiger partial charge in [0.25, 0.3) is 0 Å². The molecule has 134 valence electrons. The Balaban J connectivity index is 2.60. The first-order chi connectivity index (χ1) is 11.1. The first-order valence-electron chi connectivity index (χ1n) is 9.01. The van der Waals surface area contributed by atoms with E-state index in [1.165, 1.54) is 5.56 Å². The van der Waals surface area contributed by atoms with E-state index in [1.54, 1.807) is 0 Å². The van der Waals surface area contributed by atoms with E-state index in [2.05, 4.69) is 70.5 Å². The third kappa shape index (κ3) is 4.01. The second-order valence-electron chi connectivity index (χ2n) is 8.93. The van der Waals surface area contributed by atoms with Gasteiger partial charge in [-0.25, -0.2) is 0 Å². The van der Waals surface area contributed by atoms with E-state index in [-0.39, 0.29) is 16.9 Å². The summed E-state index contributed by atoms with van der Waals surface area (Å²) in [6.45, 7) is 21.1. The molecule has 0 unspecified atom stereocenters. The Kier molecular flexibility index (Phi) is 5.46. The van der Waals surface area contributed by atoms with Crippen LogP contribution in [-0.4, -0.2) is 36.2 Å². The van der Waals surface area contributed by atoms with Crippen LogP contribution in [0.1, 0.15) is 64.3 Å². The lowest BCUT2D eigenvalue weighted by molar-refractivity contribution is 0.200. The Morgan fingerprint density at radius 1 is 1.08 bits per heavy atom. The average Bonchev–Trinajstić information content (AvgIpc) is 2.48. The number of rotatable bonds is 3. The van der Waals surface area contributed by atoms with Gasteiger partial charge in [0, 0.05) is 31.7 Å². The van der Waals surface area contributed by atoms with Gasteiger partial charge in [-0.3, -0.25) is 4.90 Å². The molecule has 1 aromatic carbocycles. The molecular weight excluding hydrogens is 296 g/mol. The number of nitrogens with one attached hydrogen (secondary N) is 1. The van der Waals surface area contributed by atoms with Gasteiger partial charge < -0.3 is 10.4 Å². The molecule has 1 saturated heterocycles. The Morgan fingerprint density at radius 3 is 2.12 bits per heavy atom. The maximum absolute atomic E-state index is 11.1. The Labute approximate surface area is 147 Å². The van der Waals surface area contributed by atoms with Crippen LogP contribution in [0.15, 0.2) is 24.8 Å². The standard InChI is InChI=1S/C21H34N2O/c1-8-18(23-11-9-22-10-12-23)16-13-15(20(2,3)4)14-17(19(16)24)21(5,6)7/h8,13-14,18,22,24H,1,9-12H2,2-7H3/t18-/m0/s1. The molecule has 1 fully saturated rings. The summed E-state index contributed by atoms with van der Waals surface area (Å²) in [6.07, 6.45) is 1.97. The topological polar surface area (TPSA) is 35.5 Å². The molecule has 0 bridgehead atoms. The van der Waals surface area contributed by atoms with Gasteiger partial charge in [0.1, 0.15) is 5.75 Å². The van der Waals surface area contributed by atoms with Crippen LogP contribution in [0.3, 0.4) is 0 Å². The van der Waals surface area contributed by atoms with E-state index in [1.807, 2.05) is 6.08 Å². The summed E-state index contributed by atoms with van der Waals surface area (Å²) in [5.41, 5.74) is 3.21. The van der Waals surface area contributed by atoms with Crippen LogP contribution in [0, 0.1) is 0 Å². The van der Waals surface area contributed by atoms with Crippen molar-refractivity contribution in [3.8, 4) is 5.75 Å². The van der Waals surface area contributed by atoms with Gasteiger partial charge in [-0.05, 0) is 28.0 Å². The summed E-state index contributed by atoms with van der Waals surface area (Å²) in [4.78, 5) is 2.40. The summed E-state index contributed by atoms with van der Waals surface area (Å²) in [6, 6.07) is 4.41. The van der Waals surface area contributed by atoms with Crippen LogP contribution >= 0.6 is 0 Å². The lowest BCUT2D eigenvalue weighted by atomic mass is 9.78. The van der Waals surface area contributed by atoms with Crippen LogP contribution in [0.25, 0.3) is 0 Å². The summed E-state index contributed by atoms with van der Waals surface area (Å²) in [5.74, 6) is 0.430. The monoisotopic (exact) mass is 330 g/mol. The van der Waals surface area contributed by atoms with Crippen molar-refractivity contribution >= 4 is 0 Å². The van der Waals surface area contributed by atoms with Gasteiger partial charge in [-0.2, -0.15) is 0 Å². The molecule has 3 nitrogen and oxygen atoms in total. The van der Waals surface area contributed by atoms with Crippen molar-refractivity contribution in [3.05, 3.63) is 41.5 Å². The van der Waals surface area contributed by atoms with Crippen molar-refractivity contribution in [3.63, 3.8) is 0 Å². The van der Waals surface area contributed by atoms with Crippen molar-refractivity contribution in [1.29, 1.82) is 0 Å². The van der Waals surface area contributed by atoms with Crippen molar-refractivity contribution in [2.45, 2.75) is 58.4 Å². The molecule has 1 aliphatic heterocycles. The number of benzene rings is 1. The van der Waals surface area contributed by atoms with E-state index < -0.39 is 0 Å². The highest BCUT2D eigenvalue weighted by molar-refractivity contribution is 5.51. The minimum atomic E-state index is -0.102. The zero-order chi connectivity index (χ0) is 18.1. The molecule has 3 heteroatoms. The molecule has 2 rings (SSSR count). The quantitative estimate of drug-likeness (QED) is 0.818. The van der Waals surface area contributed by atoms with Crippen molar-refractivity contribution < 1.29 is 5.11 Å². The van der Waals surface area contributed by atoms with Crippen molar-refractivity contribution in [1.82, 2.24) is 10.2 Å². The molecule has 0 aromatic heterocycles. The third-order valence-electron chi connectivity index (χ3n) is 4.90. The minimum absolute atomic E-state index is 0.0393. The lowest BCUT2D eigenvalue weighted by Crippen LogP contribution is -2.44. The van der Waals surface area contributed by atoms with Crippen LogP contribution in [-0.2, 0) is 10.8 Å². The number of hydrogen-bond donors (Lipinski definition) is 2. The minimum Gasteiger partial charge on any atom is -0.507 e. The zero-order valence-electron chi connectivity index (χ0n) is 16.2. The Hall–Kier alpha value is -1.32. The molecule has 1 atom stereocenters. The SMILES string of the molecule is C=C[C@@H](c1cc(C(C)(C)C)cc(C(C)(C)C)c1O)N1CCNCC1. The fourth-order valence-corrected chi connectivity index (χ4v) is 3.32. The van der Waals surface area contributed by atoms with E-state index in [0.29, 0.717) is 5.75 Å². The molecule has 1 aliphatic rings. The number of phenols is 1. The predicted molar refractivity (Wildman–Crippen MR) is 103 cm³/mol. The van der Waals surface area contributed by atoms with E-state index in [9.17, 15) is 5.11 Å². The maximum Gasteiger partial charge on any atom is 0.124 e. The maximum atomic E-state index is 11.1. The zero-order valence-corrected chi connectivity index (χ0v) is 16.2. The molecule has 24 heavy (non-hydrogen) atoms. The summed E-state index contributed by atoms with van der Waals surface area (Å²) >= 11 is 0. The number of aromatic hydroxyl groups is 1. The van der Waals surface area contributed by atoms with Gasteiger partial charge in [-0.1, -0.05) is 53.7 Å². The van der Waals surface area contributed by atoms with Crippen LogP contribution in [0.5, 0.6) is 5.75 Å². The molecule has 0 saturated carbocycles. The molecule has 2 N–H and O–H groups in total. The van der Waals surface area contributed by atoms with E-state index >= 15 is 0 Å². The average molecular weight is 331 g/mol. The molecule has 0 radical (unpaired) electrons. The predicted octanol–water partition coefficient (Wildman–Crippen LogP) is 4.12. The highest BCUT2D eigenvalue weighted by Crippen LogP contribution is 2.41. The number of hydrogen-bond acceptors (Lipinski definition) is 3.